The van der Waals surface area contributed by atoms with Gasteiger partial charge in [-0.05, 0) is 6.42 Å². The molecule has 17 heavy (non-hydrogen) atoms. The van der Waals surface area contributed by atoms with Crippen molar-refractivity contribution in [2.75, 3.05) is 6.61 Å². The van der Waals surface area contributed by atoms with Gasteiger partial charge in [0.25, 0.3) is 0 Å². The second-order valence-electron chi connectivity index (χ2n) is 3.18. The largest absolute Gasteiger partial charge is 0.480 e. The number of rotatable bonds is 8. The van der Waals surface area contributed by atoms with Gasteiger partial charge < -0.3 is 21.1 Å². The van der Waals surface area contributed by atoms with Gasteiger partial charge in [0.15, 0.2) is 0 Å². The van der Waals surface area contributed by atoms with Crippen LogP contribution in [0.25, 0.3) is 5.53 Å². The standard InChI is InChI=1S/C9H13N3O5/c10-11-5-6(14)1-2-7(9(16)17)12-8(15)3-4-13/h5,7,13H,1-4H2,(H,12,15)(H,16,17). The van der Waals surface area contributed by atoms with E-state index in [-0.39, 0.29) is 25.9 Å². The number of carboxylic acid groups (broad SMARTS) is 1. The third kappa shape index (κ3) is 6.93. The lowest BCUT2D eigenvalue weighted by Gasteiger charge is -2.12. The number of hydrogen-bond donors (Lipinski definition) is 3. The van der Waals surface area contributed by atoms with E-state index in [1.807, 2.05) is 0 Å². The first-order valence-electron chi connectivity index (χ1n) is 4.84. The molecular formula is C9H13N3O5. The van der Waals surface area contributed by atoms with Gasteiger partial charge in [-0.25, -0.2) is 4.79 Å². The van der Waals surface area contributed by atoms with Crippen molar-refractivity contribution in [1.29, 1.82) is 0 Å². The SMILES string of the molecule is [N-]=[N+]=CC(=O)CCC(NC(=O)CCO)C(=O)O. The molecule has 0 saturated carbocycles. The Hall–Kier alpha value is -2.05. The van der Waals surface area contributed by atoms with Crippen molar-refractivity contribution in [1.82, 2.24) is 5.32 Å². The van der Waals surface area contributed by atoms with E-state index in [9.17, 15) is 14.4 Å². The minimum atomic E-state index is -1.27. The summed E-state index contributed by atoms with van der Waals surface area (Å²) in [6.45, 7) is -0.381. The zero-order chi connectivity index (χ0) is 13.3. The van der Waals surface area contributed by atoms with Crippen LogP contribution in [0.2, 0.25) is 0 Å². The highest BCUT2D eigenvalue weighted by Crippen LogP contribution is 1.99. The van der Waals surface area contributed by atoms with Crippen LogP contribution in [0.1, 0.15) is 19.3 Å². The van der Waals surface area contributed by atoms with Crippen molar-refractivity contribution < 1.29 is 29.4 Å². The second kappa shape index (κ2) is 8.14. The Balaban J connectivity index is 4.25. The lowest BCUT2D eigenvalue weighted by atomic mass is 10.1. The average molecular weight is 243 g/mol. The molecule has 0 rings (SSSR count). The zero-order valence-electron chi connectivity index (χ0n) is 9.00. The lowest BCUT2D eigenvalue weighted by Crippen LogP contribution is -2.41. The molecule has 0 heterocycles. The number of carbonyl (C=O) groups is 3. The molecule has 0 spiro atoms. The first kappa shape index (κ1) is 14.9. The summed E-state index contributed by atoms with van der Waals surface area (Å²) in [4.78, 5) is 35.2. The summed E-state index contributed by atoms with van der Waals surface area (Å²) in [7, 11) is 0. The average Bonchev–Trinajstić information content (AvgIpc) is 2.24. The first-order chi connectivity index (χ1) is 8.01. The molecule has 1 atom stereocenters. The van der Waals surface area contributed by atoms with Crippen LogP contribution in [0.5, 0.6) is 0 Å². The maximum atomic E-state index is 11.0. The monoisotopic (exact) mass is 243 g/mol. The predicted molar refractivity (Wildman–Crippen MR) is 55.2 cm³/mol. The smallest absolute Gasteiger partial charge is 0.326 e. The predicted octanol–water partition coefficient (Wildman–Crippen LogP) is -1.41. The van der Waals surface area contributed by atoms with Crippen LogP contribution >= 0.6 is 0 Å². The Morgan fingerprint density at radius 2 is 2.00 bits per heavy atom. The Bertz CT molecular complexity index is 349. The number of hydrogen-bond acceptors (Lipinski definition) is 4. The number of ketones is 1. The van der Waals surface area contributed by atoms with E-state index in [2.05, 4.69) is 10.1 Å². The van der Waals surface area contributed by atoms with E-state index in [0.29, 0.717) is 6.21 Å². The topological polar surface area (TPSA) is 140 Å². The van der Waals surface area contributed by atoms with E-state index in [0.717, 1.165) is 0 Å². The fraction of sp³-hybridized carbons (Fsp3) is 0.556. The van der Waals surface area contributed by atoms with E-state index >= 15 is 0 Å². The summed E-state index contributed by atoms with van der Waals surface area (Å²) in [5, 5.41) is 19.4. The number of carboxylic acids is 1. The Morgan fingerprint density at radius 1 is 1.35 bits per heavy atom. The Labute approximate surface area is 96.9 Å². The van der Waals surface area contributed by atoms with Gasteiger partial charge >= 0.3 is 12.2 Å². The minimum absolute atomic E-state index is 0.114. The van der Waals surface area contributed by atoms with Crippen LogP contribution in [0, 0.1) is 0 Å². The quantitative estimate of drug-likeness (QED) is 0.273. The van der Waals surface area contributed by atoms with Gasteiger partial charge in [0.1, 0.15) is 6.04 Å². The molecule has 0 aliphatic carbocycles. The molecular weight excluding hydrogens is 230 g/mol. The van der Waals surface area contributed by atoms with Crippen molar-refractivity contribution in [3.05, 3.63) is 5.53 Å². The fourth-order valence-electron chi connectivity index (χ4n) is 1.04. The second-order valence-corrected chi connectivity index (χ2v) is 3.18. The molecule has 3 N–H and O–H groups in total. The first-order valence-corrected chi connectivity index (χ1v) is 4.84. The molecule has 0 aromatic rings. The number of aliphatic carboxylic acids is 1. The summed E-state index contributed by atoms with van der Waals surface area (Å²) in [6.07, 6.45) is 0.183. The van der Waals surface area contributed by atoms with Gasteiger partial charge in [0, 0.05) is 12.8 Å². The van der Waals surface area contributed by atoms with Crippen molar-refractivity contribution in [2.45, 2.75) is 25.3 Å². The van der Waals surface area contributed by atoms with Gasteiger partial charge in [-0.15, -0.1) is 0 Å². The summed E-state index contributed by atoms with van der Waals surface area (Å²) < 4.78 is 0. The maximum Gasteiger partial charge on any atom is 0.326 e. The van der Waals surface area contributed by atoms with Crippen LogP contribution in [0.15, 0.2) is 0 Å². The number of aliphatic hydroxyl groups excluding tert-OH is 1. The molecule has 0 fully saturated rings. The summed E-state index contributed by atoms with van der Waals surface area (Å²) in [6, 6.07) is -1.20. The van der Waals surface area contributed by atoms with Gasteiger partial charge in [0.2, 0.25) is 11.7 Å². The third-order valence-corrected chi connectivity index (χ3v) is 1.85. The zero-order valence-corrected chi connectivity index (χ0v) is 9.00. The van der Waals surface area contributed by atoms with Crippen LogP contribution in [0.4, 0.5) is 0 Å². The fourth-order valence-corrected chi connectivity index (χ4v) is 1.04. The minimum Gasteiger partial charge on any atom is -0.480 e. The molecule has 0 aromatic carbocycles. The van der Waals surface area contributed by atoms with E-state index in [1.165, 1.54) is 0 Å². The summed E-state index contributed by atoms with van der Waals surface area (Å²) >= 11 is 0. The number of nitrogens with zero attached hydrogens (tertiary/aromatic N) is 2. The van der Waals surface area contributed by atoms with Crippen molar-refractivity contribution in [2.24, 2.45) is 0 Å². The van der Waals surface area contributed by atoms with E-state index in [4.69, 9.17) is 15.7 Å². The summed E-state index contributed by atoms with van der Waals surface area (Å²) in [5.41, 5.74) is 8.06. The van der Waals surface area contributed by atoms with Crippen molar-refractivity contribution in [3.63, 3.8) is 0 Å². The van der Waals surface area contributed by atoms with Crippen molar-refractivity contribution in [3.8, 4) is 0 Å². The van der Waals surface area contributed by atoms with Gasteiger partial charge in [-0.1, -0.05) is 0 Å². The molecule has 0 aliphatic rings. The molecule has 94 valence electrons. The molecule has 0 aromatic heterocycles. The Morgan fingerprint density at radius 3 is 2.47 bits per heavy atom. The molecule has 1 unspecified atom stereocenters. The molecule has 0 saturated heterocycles. The highest BCUT2D eigenvalue weighted by atomic mass is 16.4. The van der Waals surface area contributed by atoms with E-state index in [1.54, 1.807) is 0 Å². The number of Topliss-reactive ketones (excluding diaryl/α,β-unsaturated/α-hetero) is 1. The maximum absolute atomic E-state index is 11.0. The van der Waals surface area contributed by atoms with Crippen LogP contribution in [-0.4, -0.2) is 51.5 Å². The van der Waals surface area contributed by atoms with Crippen LogP contribution in [-0.2, 0) is 14.4 Å². The molecule has 1 amide bonds. The van der Waals surface area contributed by atoms with E-state index < -0.39 is 23.7 Å². The number of aliphatic hydroxyl groups is 1. The van der Waals surface area contributed by atoms with Crippen LogP contribution < -0.4 is 5.32 Å². The van der Waals surface area contributed by atoms with Gasteiger partial charge in [-0.2, -0.15) is 4.79 Å². The highest BCUT2D eigenvalue weighted by Gasteiger charge is 2.20. The normalized spacial score (nSPS) is 11.1. The number of carbonyl (C=O) groups excluding carboxylic acids is 2. The highest BCUT2D eigenvalue weighted by molar-refractivity contribution is 6.25. The molecule has 0 radical (unpaired) electrons. The molecule has 8 heteroatoms. The van der Waals surface area contributed by atoms with Crippen LogP contribution in [0.3, 0.4) is 0 Å². The molecule has 8 nitrogen and oxygen atoms in total. The van der Waals surface area contributed by atoms with Gasteiger partial charge in [0.05, 0.1) is 6.61 Å². The van der Waals surface area contributed by atoms with Crippen molar-refractivity contribution >= 4 is 23.9 Å². The Kier molecular flexibility index (Phi) is 7.16. The van der Waals surface area contributed by atoms with Gasteiger partial charge in [-0.3, -0.25) is 9.59 Å². The molecule has 0 bridgehead atoms. The summed E-state index contributed by atoms with van der Waals surface area (Å²) in [5.74, 6) is -2.43. The number of amides is 1. The third-order valence-electron chi connectivity index (χ3n) is 1.85. The molecule has 0 aliphatic heterocycles. The lowest BCUT2D eigenvalue weighted by molar-refractivity contribution is -0.142. The number of nitrogens with one attached hydrogen (secondary N) is 1.